The summed E-state index contributed by atoms with van der Waals surface area (Å²) in [6, 6.07) is 4.99. The minimum absolute atomic E-state index is 0.0389. The van der Waals surface area contributed by atoms with Crippen LogP contribution in [0, 0.1) is 11.7 Å². The summed E-state index contributed by atoms with van der Waals surface area (Å²) in [6.07, 6.45) is 1.49. The second-order valence-electron chi connectivity index (χ2n) is 5.92. The standard InChI is InChI=1S/C18H25BrFN3O2/c1-3-21-18(22-12-14-5-6-15(19)11-16(14)20)23-9-7-13(8-10-23)17(24)25-4-2/h5-6,11,13H,3-4,7-10,12H2,1-2H3,(H,21,22). The van der Waals surface area contributed by atoms with Gasteiger partial charge in [0.15, 0.2) is 5.96 Å². The highest BCUT2D eigenvalue weighted by Gasteiger charge is 2.27. The molecule has 0 atom stereocenters. The minimum atomic E-state index is -0.269. The Bertz CT molecular complexity index is 616. The Morgan fingerprint density at radius 3 is 2.72 bits per heavy atom. The number of hydrogen-bond acceptors (Lipinski definition) is 3. The van der Waals surface area contributed by atoms with Gasteiger partial charge in [-0.2, -0.15) is 0 Å². The van der Waals surface area contributed by atoms with Crippen LogP contribution >= 0.6 is 15.9 Å². The van der Waals surface area contributed by atoms with E-state index in [-0.39, 0.29) is 24.2 Å². The van der Waals surface area contributed by atoms with Crippen molar-refractivity contribution in [1.29, 1.82) is 0 Å². The predicted molar refractivity (Wildman–Crippen MR) is 99.8 cm³/mol. The highest BCUT2D eigenvalue weighted by molar-refractivity contribution is 9.10. The third-order valence-corrected chi connectivity index (χ3v) is 4.66. The predicted octanol–water partition coefficient (Wildman–Crippen LogP) is 3.33. The first-order chi connectivity index (χ1) is 12.0. The molecule has 1 N–H and O–H groups in total. The Morgan fingerprint density at radius 1 is 1.40 bits per heavy atom. The van der Waals surface area contributed by atoms with Gasteiger partial charge in [-0.3, -0.25) is 4.79 Å². The fourth-order valence-electron chi connectivity index (χ4n) is 2.82. The number of likely N-dealkylation sites (tertiary alicyclic amines) is 1. The molecule has 1 aromatic rings. The number of benzene rings is 1. The van der Waals surface area contributed by atoms with E-state index in [1.807, 2.05) is 19.9 Å². The Morgan fingerprint density at radius 2 is 2.12 bits per heavy atom. The van der Waals surface area contributed by atoms with Crippen LogP contribution in [-0.2, 0) is 16.1 Å². The maximum Gasteiger partial charge on any atom is 0.309 e. The van der Waals surface area contributed by atoms with E-state index in [1.165, 1.54) is 6.07 Å². The van der Waals surface area contributed by atoms with Gasteiger partial charge in [0.05, 0.1) is 19.1 Å². The molecule has 1 aliphatic rings. The molecule has 1 saturated heterocycles. The van der Waals surface area contributed by atoms with Crippen molar-refractivity contribution in [2.45, 2.75) is 33.2 Å². The number of guanidine groups is 1. The number of nitrogens with zero attached hydrogens (tertiary/aromatic N) is 2. The molecule has 25 heavy (non-hydrogen) atoms. The third kappa shape index (κ3) is 5.70. The van der Waals surface area contributed by atoms with Crippen molar-refractivity contribution < 1.29 is 13.9 Å². The van der Waals surface area contributed by atoms with Crippen molar-refractivity contribution in [3.05, 3.63) is 34.1 Å². The van der Waals surface area contributed by atoms with E-state index in [4.69, 9.17) is 4.74 Å². The van der Waals surface area contributed by atoms with Gasteiger partial charge in [0.1, 0.15) is 5.82 Å². The van der Waals surface area contributed by atoms with Gasteiger partial charge in [0.2, 0.25) is 0 Å². The average Bonchev–Trinajstić information content (AvgIpc) is 2.60. The van der Waals surface area contributed by atoms with E-state index < -0.39 is 0 Å². The number of aliphatic imine (C=N–C) groups is 1. The van der Waals surface area contributed by atoms with Gasteiger partial charge in [-0.1, -0.05) is 22.0 Å². The summed E-state index contributed by atoms with van der Waals surface area (Å²) in [5, 5.41) is 3.25. The van der Waals surface area contributed by atoms with Crippen LogP contribution in [0.1, 0.15) is 32.3 Å². The molecular formula is C18H25BrFN3O2. The largest absolute Gasteiger partial charge is 0.466 e. The van der Waals surface area contributed by atoms with E-state index in [0.717, 1.165) is 38.4 Å². The highest BCUT2D eigenvalue weighted by atomic mass is 79.9. The molecular weight excluding hydrogens is 389 g/mol. The summed E-state index contributed by atoms with van der Waals surface area (Å²) in [7, 11) is 0. The normalized spacial score (nSPS) is 16.0. The first kappa shape index (κ1) is 19.7. The molecule has 0 saturated carbocycles. The number of halogens is 2. The molecule has 0 unspecified atom stereocenters. The summed E-state index contributed by atoms with van der Waals surface area (Å²) in [5.41, 5.74) is 0.556. The van der Waals surface area contributed by atoms with E-state index in [0.29, 0.717) is 16.6 Å². The number of rotatable bonds is 5. The van der Waals surface area contributed by atoms with E-state index >= 15 is 0 Å². The Hall–Kier alpha value is -1.63. The molecule has 138 valence electrons. The lowest BCUT2D eigenvalue weighted by atomic mass is 9.97. The summed E-state index contributed by atoms with van der Waals surface area (Å²) < 4.78 is 19.8. The fourth-order valence-corrected chi connectivity index (χ4v) is 3.16. The Kier molecular flexibility index (Phi) is 7.68. The summed E-state index contributed by atoms with van der Waals surface area (Å²) in [6.45, 7) is 6.72. The Balaban J connectivity index is 1.99. The summed E-state index contributed by atoms with van der Waals surface area (Å²) in [5.74, 6) is 0.339. The second kappa shape index (κ2) is 9.75. The molecule has 0 aliphatic carbocycles. The number of ether oxygens (including phenoxy) is 1. The topological polar surface area (TPSA) is 53.9 Å². The van der Waals surface area contributed by atoms with Crippen LogP contribution in [0.3, 0.4) is 0 Å². The SMILES string of the molecule is CCNC(=NCc1ccc(Br)cc1F)N1CCC(C(=O)OCC)CC1. The molecule has 0 amide bonds. The monoisotopic (exact) mass is 413 g/mol. The summed E-state index contributed by atoms with van der Waals surface area (Å²) >= 11 is 3.26. The number of hydrogen-bond donors (Lipinski definition) is 1. The first-order valence-corrected chi connectivity index (χ1v) is 9.48. The molecule has 7 heteroatoms. The zero-order chi connectivity index (χ0) is 18.2. The van der Waals surface area contributed by atoms with Crippen molar-refractivity contribution in [2.24, 2.45) is 10.9 Å². The number of piperidine rings is 1. The van der Waals surface area contributed by atoms with Crippen molar-refractivity contribution >= 4 is 27.9 Å². The molecule has 1 aliphatic heterocycles. The molecule has 0 spiro atoms. The summed E-state index contributed by atoms with van der Waals surface area (Å²) in [4.78, 5) is 18.5. The maximum atomic E-state index is 14.0. The molecule has 1 aromatic carbocycles. The lowest BCUT2D eigenvalue weighted by Crippen LogP contribution is -2.46. The zero-order valence-electron chi connectivity index (χ0n) is 14.7. The molecule has 5 nitrogen and oxygen atoms in total. The number of carbonyl (C=O) groups is 1. The number of esters is 1. The molecule has 1 fully saturated rings. The first-order valence-electron chi connectivity index (χ1n) is 8.69. The van der Waals surface area contributed by atoms with Crippen LogP contribution in [0.15, 0.2) is 27.7 Å². The second-order valence-corrected chi connectivity index (χ2v) is 6.83. The van der Waals surface area contributed by atoms with Crippen LogP contribution in [0.4, 0.5) is 4.39 Å². The van der Waals surface area contributed by atoms with Crippen LogP contribution in [0.5, 0.6) is 0 Å². The fraction of sp³-hybridized carbons (Fsp3) is 0.556. The van der Waals surface area contributed by atoms with Crippen molar-refractivity contribution in [3.8, 4) is 0 Å². The smallest absolute Gasteiger partial charge is 0.309 e. The number of carbonyl (C=O) groups excluding carboxylic acids is 1. The van der Waals surface area contributed by atoms with Crippen molar-refractivity contribution in [2.75, 3.05) is 26.2 Å². The highest BCUT2D eigenvalue weighted by Crippen LogP contribution is 2.20. The van der Waals surface area contributed by atoms with Crippen molar-refractivity contribution in [3.63, 3.8) is 0 Å². The average molecular weight is 414 g/mol. The van der Waals surface area contributed by atoms with Crippen molar-refractivity contribution in [1.82, 2.24) is 10.2 Å². The molecule has 0 bridgehead atoms. The Labute approximate surface area is 156 Å². The van der Waals surface area contributed by atoms with E-state index in [1.54, 1.807) is 6.07 Å². The van der Waals surface area contributed by atoms with Gasteiger partial charge in [0.25, 0.3) is 0 Å². The van der Waals surface area contributed by atoms with Crippen LogP contribution in [0.25, 0.3) is 0 Å². The van der Waals surface area contributed by atoms with Gasteiger partial charge in [-0.15, -0.1) is 0 Å². The minimum Gasteiger partial charge on any atom is -0.466 e. The lowest BCUT2D eigenvalue weighted by molar-refractivity contribution is -0.149. The van der Waals surface area contributed by atoms with Crippen LogP contribution in [0.2, 0.25) is 0 Å². The zero-order valence-corrected chi connectivity index (χ0v) is 16.3. The molecule has 2 rings (SSSR count). The van der Waals surface area contributed by atoms with E-state index in [9.17, 15) is 9.18 Å². The van der Waals surface area contributed by atoms with Gasteiger partial charge in [-0.25, -0.2) is 9.38 Å². The van der Waals surface area contributed by atoms with Gasteiger partial charge >= 0.3 is 5.97 Å². The number of nitrogens with one attached hydrogen (secondary N) is 1. The lowest BCUT2D eigenvalue weighted by Gasteiger charge is -2.33. The van der Waals surface area contributed by atoms with Gasteiger partial charge < -0.3 is 15.0 Å². The molecule has 1 heterocycles. The quantitative estimate of drug-likeness (QED) is 0.456. The van der Waals surface area contributed by atoms with Crippen LogP contribution < -0.4 is 5.32 Å². The van der Waals surface area contributed by atoms with E-state index in [2.05, 4.69) is 31.1 Å². The maximum absolute atomic E-state index is 14.0. The van der Waals surface area contributed by atoms with Gasteiger partial charge in [0, 0.05) is 29.7 Å². The van der Waals surface area contributed by atoms with Gasteiger partial charge in [-0.05, 0) is 38.8 Å². The van der Waals surface area contributed by atoms with Crippen LogP contribution in [-0.4, -0.2) is 43.1 Å². The molecule has 0 aromatic heterocycles. The molecule has 0 radical (unpaired) electrons. The third-order valence-electron chi connectivity index (χ3n) is 4.16.